The number of ether oxygens (including phenoxy) is 4. The monoisotopic (exact) mass is 1470 g/mol. The van der Waals surface area contributed by atoms with Crippen LogP contribution in [-0.4, -0.2) is 96.7 Å². The summed E-state index contributed by atoms with van der Waals surface area (Å²) in [7, 11) is -9.92. The zero-order chi connectivity index (χ0) is 73.4. The van der Waals surface area contributed by atoms with Gasteiger partial charge in [0.2, 0.25) is 0 Å². The Hall–Kier alpha value is -1.94. The van der Waals surface area contributed by atoms with E-state index in [1.807, 2.05) is 0 Å². The molecule has 594 valence electrons. The Morgan fingerprint density at radius 3 is 0.680 bits per heavy atom. The summed E-state index contributed by atoms with van der Waals surface area (Å²) < 4.78 is 68.8. The highest BCUT2D eigenvalue weighted by Gasteiger charge is 2.30. The molecule has 0 bridgehead atoms. The van der Waals surface area contributed by atoms with Gasteiger partial charge in [0, 0.05) is 25.7 Å². The Balaban J connectivity index is 5.25. The molecule has 2 unspecified atom stereocenters. The van der Waals surface area contributed by atoms with Crippen LogP contribution in [0.3, 0.4) is 0 Å². The standard InChI is InChI=1S/C81H158O17P2/c1-6-9-12-15-18-21-24-27-31-36-40-45-50-55-60-65-79(84)92-71-77(98-81(86)67-62-57-52-47-42-37-33-30-29-32-34-38-43-48-53-58-63-74(4)5)73-96-100(89,90)94-69-75(82)68-93-99(87,88)95-72-76(70-91-78(83)64-59-54-49-44-39-26-23-20-17-14-11-8-3)97-80(85)66-61-56-51-46-41-35-28-25-22-19-16-13-10-7-2/h74-77,82H,6-73H2,1-5H3,(H,87,88)(H,89,90)/t75-,76+,77+/m0/s1. The Bertz CT molecular complexity index is 1910. The predicted octanol–water partition coefficient (Wildman–Crippen LogP) is 24.4. The van der Waals surface area contributed by atoms with E-state index in [2.05, 4.69) is 34.6 Å². The summed E-state index contributed by atoms with van der Waals surface area (Å²) in [6.07, 6.45) is 65.0. The molecule has 100 heavy (non-hydrogen) atoms. The SMILES string of the molecule is CCCCCCCCCCCCCCCCCC(=O)OC[C@H](COP(=O)(O)OC[C@@H](O)COP(=O)(O)OC[C@@H](COC(=O)CCCCCCCCCCCCCC)OC(=O)CCCCCCCCCCCCCCCC)OC(=O)CCCCCCCCCCCCCCCCCCC(C)C. The van der Waals surface area contributed by atoms with Crippen molar-refractivity contribution in [2.45, 2.75) is 451 Å². The minimum absolute atomic E-state index is 0.109. The topological polar surface area (TPSA) is 237 Å². The molecule has 0 aliphatic heterocycles. The number of carbonyl (C=O) groups excluding carboxylic acids is 4. The number of aliphatic hydroxyl groups excluding tert-OH is 1. The first-order valence-electron chi connectivity index (χ1n) is 42.1. The van der Waals surface area contributed by atoms with E-state index in [9.17, 15) is 43.2 Å². The zero-order valence-corrected chi connectivity index (χ0v) is 67.1. The molecule has 0 rings (SSSR count). The molecule has 17 nitrogen and oxygen atoms in total. The molecular formula is C81H158O17P2. The van der Waals surface area contributed by atoms with Gasteiger partial charge < -0.3 is 33.8 Å². The summed E-state index contributed by atoms with van der Waals surface area (Å²) in [5, 5.41) is 10.6. The maximum absolute atomic E-state index is 13.1. The average molecular weight is 1470 g/mol. The van der Waals surface area contributed by atoms with Crippen molar-refractivity contribution in [3.05, 3.63) is 0 Å². The van der Waals surface area contributed by atoms with Gasteiger partial charge in [0.05, 0.1) is 26.4 Å². The fourth-order valence-corrected chi connectivity index (χ4v) is 14.2. The number of hydrogen-bond acceptors (Lipinski definition) is 15. The number of esters is 4. The molecule has 0 aliphatic carbocycles. The number of phosphoric ester groups is 2. The first-order chi connectivity index (χ1) is 48.5. The molecule has 0 saturated heterocycles. The lowest BCUT2D eigenvalue weighted by molar-refractivity contribution is -0.161. The molecule has 3 N–H and O–H groups in total. The number of rotatable bonds is 81. The van der Waals surface area contributed by atoms with Gasteiger partial charge in [-0.3, -0.25) is 37.3 Å². The normalized spacial score (nSPS) is 13.8. The number of unbranched alkanes of at least 4 members (excludes halogenated alkanes) is 53. The van der Waals surface area contributed by atoms with E-state index in [1.165, 1.54) is 257 Å². The second kappa shape index (κ2) is 73.9. The maximum Gasteiger partial charge on any atom is 0.472 e. The summed E-state index contributed by atoms with van der Waals surface area (Å²) in [4.78, 5) is 73.1. The molecule has 0 aromatic carbocycles. The first-order valence-corrected chi connectivity index (χ1v) is 45.1. The van der Waals surface area contributed by atoms with Gasteiger partial charge in [-0.05, 0) is 31.6 Å². The van der Waals surface area contributed by atoms with Gasteiger partial charge in [-0.2, -0.15) is 0 Å². The number of hydrogen-bond donors (Lipinski definition) is 3. The number of aliphatic hydroxyl groups is 1. The van der Waals surface area contributed by atoms with E-state index in [0.717, 1.165) is 95.8 Å². The molecule has 0 aromatic rings. The van der Waals surface area contributed by atoms with Gasteiger partial charge in [-0.1, -0.05) is 381 Å². The lowest BCUT2D eigenvalue weighted by Crippen LogP contribution is -2.30. The van der Waals surface area contributed by atoms with Crippen molar-refractivity contribution in [3.8, 4) is 0 Å². The highest BCUT2D eigenvalue weighted by molar-refractivity contribution is 7.47. The van der Waals surface area contributed by atoms with Gasteiger partial charge in [0.15, 0.2) is 12.2 Å². The zero-order valence-electron chi connectivity index (χ0n) is 65.3. The smallest absolute Gasteiger partial charge is 0.462 e. The van der Waals surface area contributed by atoms with Crippen molar-refractivity contribution in [1.29, 1.82) is 0 Å². The van der Waals surface area contributed by atoms with Gasteiger partial charge in [0.1, 0.15) is 19.3 Å². The van der Waals surface area contributed by atoms with Crippen molar-refractivity contribution in [3.63, 3.8) is 0 Å². The largest absolute Gasteiger partial charge is 0.472 e. The van der Waals surface area contributed by atoms with Gasteiger partial charge in [0.25, 0.3) is 0 Å². The molecule has 0 fully saturated rings. The van der Waals surface area contributed by atoms with Crippen LogP contribution in [0.4, 0.5) is 0 Å². The predicted molar refractivity (Wildman–Crippen MR) is 409 cm³/mol. The summed E-state index contributed by atoms with van der Waals surface area (Å²) in [6, 6.07) is 0. The van der Waals surface area contributed by atoms with Crippen LogP contribution in [-0.2, 0) is 65.4 Å². The van der Waals surface area contributed by atoms with E-state index in [4.69, 9.17) is 37.0 Å². The molecule has 0 heterocycles. The van der Waals surface area contributed by atoms with Crippen LogP contribution < -0.4 is 0 Å². The third-order valence-corrected chi connectivity index (χ3v) is 20.9. The highest BCUT2D eigenvalue weighted by atomic mass is 31.2. The molecule has 0 radical (unpaired) electrons. The van der Waals surface area contributed by atoms with Gasteiger partial charge in [-0.25, -0.2) is 9.13 Å². The first kappa shape index (κ1) is 98.1. The van der Waals surface area contributed by atoms with Crippen LogP contribution in [0.1, 0.15) is 433 Å². The Labute approximate surface area is 613 Å². The quantitative estimate of drug-likeness (QED) is 0.0222. The van der Waals surface area contributed by atoms with Gasteiger partial charge >= 0.3 is 39.5 Å². The van der Waals surface area contributed by atoms with Crippen LogP contribution in [0.15, 0.2) is 0 Å². The average Bonchev–Trinajstić information content (AvgIpc) is 0.940. The lowest BCUT2D eigenvalue weighted by atomic mass is 10.0. The van der Waals surface area contributed by atoms with Crippen molar-refractivity contribution >= 4 is 39.5 Å². The Morgan fingerprint density at radius 1 is 0.270 bits per heavy atom. The third-order valence-electron chi connectivity index (χ3n) is 19.0. The van der Waals surface area contributed by atoms with E-state index in [-0.39, 0.29) is 25.7 Å². The number of carbonyl (C=O) groups is 4. The molecule has 0 amide bonds. The van der Waals surface area contributed by atoms with Crippen LogP contribution in [0, 0.1) is 5.92 Å². The summed E-state index contributed by atoms with van der Waals surface area (Å²) >= 11 is 0. The summed E-state index contributed by atoms with van der Waals surface area (Å²) in [5.74, 6) is -1.29. The minimum Gasteiger partial charge on any atom is -0.462 e. The highest BCUT2D eigenvalue weighted by Crippen LogP contribution is 2.45. The molecular weight excluding hydrogens is 1310 g/mol. The molecule has 0 saturated carbocycles. The second-order valence-electron chi connectivity index (χ2n) is 29.6. The molecule has 19 heteroatoms. The van der Waals surface area contributed by atoms with Crippen molar-refractivity contribution < 1.29 is 80.2 Å². The molecule has 0 aliphatic rings. The fraction of sp³-hybridized carbons (Fsp3) is 0.951. The van der Waals surface area contributed by atoms with Gasteiger partial charge in [-0.15, -0.1) is 0 Å². The van der Waals surface area contributed by atoms with Crippen LogP contribution in [0.25, 0.3) is 0 Å². The Morgan fingerprint density at radius 2 is 0.460 bits per heavy atom. The van der Waals surface area contributed by atoms with Crippen LogP contribution in [0.2, 0.25) is 0 Å². The second-order valence-corrected chi connectivity index (χ2v) is 32.5. The van der Waals surface area contributed by atoms with Crippen molar-refractivity contribution in [2.75, 3.05) is 39.6 Å². The molecule has 5 atom stereocenters. The lowest BCUT2D eigenvalue weighted by Gasteiger charge is -2.21. The van der Waals surface area contributed by atoms with Crippen LogP contribution >= 0.6 is 15.6 Å². The third kappa shape index (κ3) is 74.3. The van der Waals surface area contributed by atoms with E-state index in [0.29, 0.717) is 25.7 Å². The van der Waals surface area contributed by atoms with Crippen LogP contribution in [0.5, 0.6) is 0 Å². The summed E-state index contributed by atoms with van der Waals surface area (Å²) in [6.45, 7) is 7.37. The molecule has 0 aromatic heterocycles. The maximum atomic E-state index is 13.1. The minimum atomic E-state index is -4.96. The number of phosphoric acid groups is 2. The fourth-order valence-electron chi connectivity index (χ4n) is 12.6. The van der Waals surface area contributed by atoms with E-state index < -0.39 is 97.5 Å². The van der Waals surface area contributed by atoms with E-state index in [1.54, 1.807) is 0 Å². The van der Waals surface area contributed by atoms with Crippen molar-refractivity contribution in [2.24, 2.45) is 5.92 Å². The molecule has 0 spiro atoms. The van der Waals surface area contributed by atoms with E-state index >= 15 is 0 Å². The van der Waals surface area contributed by atoms with Crippen molar-refractivity contribution in [1.82, 2.24) is 0 Å². The summed E-state index contributed by atoms with van der Waals surface area (Å²) in [5.41, 5.74) is 0. The Kier molecular flexibility index (Phi) is 72.5.